The van der Waals surface area contributed by atoms with Gasteiger partial charge in [0.1, 0.15) is 11.0 Å². The number of aromatic nitrogens is 4. The first-order valence-corrected chi connectivity index (χ1v) is 16.8. The number of anilines is 4. The number of primary sulfonamides is 1. The minimum Gasteiger partial charge on any atom is -0.482 e. The molecule has 0 bridgehead atoms. The predicted molar refractivity (Wildman–Crippen MR) is 170 cm³/mol. The van der Waals surface area contributed by atoms with E-state index in [0.29, 0.717) is 36.8 Å². The second kappa shape index (κ2) is 13.2. The maximum Gasteiger partial charge on any atom is 0.243 e. The van der Waals surface area contributed by atoms with Crippen molar-refractivity contribution in [1.82, 2.24) is 19.9 Å². The molecule has 0 saturated heterocycles. The van der Waals surface area contributed by atoms with Gasteiger partial charge in [0.15, 0.2) is 17.4 Å². The number of nitrogens with one attached hydrogen (secondary N) is 4. The molecule has 8 N–H and O–H groups in total. The molecule has 6 atom stereocenters. The fraction of sp³-hybridized carbons (Fsp3) is 0.724. The van der Waals surface area contributed by atoms with Gasteiger partial charge in [0.05, 0.1) is 24.6 Å². The van der Waals surface area contributed by atoms with Gasteiger partial charge in [0, 0.05) is 23.2 Å². The number of aliphatic hydroxyl groups excluding tert-OH is 2. The zero-order valence-corrected chi connectivity index (χ0v) is 27.6. The first kappa shape index (κ1) is 33.9. The van der Waals surface area contributed by atoms with Crippen LogP contribution in [0.5, 0.6) is 5.75 Å². The minimum atomic E-state index is -4.09. The van der Waals surface area contributed by atoms with Crippen LogP contribution in [0.4, 0.5) is 23.5 Å². The van der Waals surface area contributed by atoms with Crippen LogP contribution in [0.1, 0.15) is 87.0 Å². The van der Waals surface area contributed by atoms with Crippen molar-refractivity contribution in [3.63, 3.8) is 0 Å². The highest BCUT2D eigenvalue weighted by Gasteiger charge is 2.34. The van der Waals surface area contributed by atoms with E-state index in [0.717, 1.165) is 12.8 Å². The summed E-state index contributed by atoms with van der Waals surface area (Å²) in [5.41, 5.74) is -0.604. The van der Waals surface area contributed by atoms with Crippen LogP contribution in [0.2, 0.25) is 0 Å². The maximum atomic E-state index is 12.3. The summed E-state index contributed by atoms with van der Waals surface area (Å²) >= 11 is 0. The molecule has 15 heteroatoms. The number of nitrogens with zero attached hydrogens (tertiary/aromatic N) is 4. The minimum absolute atomic E-state index is 0.0179. The topological polar surface area (TPSA) is 210 Å². The fourth-order valence-corrected chi connectivity index (χ4v) is 5.97. The van der Waals surface area contributed by atoms with E-state index in [4.69, 9.17) is 14.9 Å². The van der Waals surface area contributed by atoms with Crippen molar-refractivity contribution in [3.8, 4) is 5.75 Å². The molecular weight excluding hydrogens is 586 g/mol. The number of hydrogen-bond donors (Lipinski definition) is 7. The average molecular weight is 636 g/mol. The largest absolute Gasteiger partial charge is 0.482 e. The summed E-state index contributed by atoms with van der Waals surface area (Å²) in [6, 6.07) is -0.273. The molecule has 0 amide bonds. The summed E-state index contributed by atoms with van der Waals surface area (Å²) in [7, 11) is -4.09. The van der Waals surface area contributed by atoms with Gasteiger partial charge < -0.3 is 36.2 Å². The van der Waals surface area contributed by atoms with Gasteiger partial charge in [-0.1, -0.05) is 6.92 Å². The molecule has 2 aromatic rings. The van der Waals surface area contributed by atoms with Crippen molar-refractivity contribution in [1.29, 1.82) is 0 Å². The highest BCUT2D eigenvalue weighted by Crippen LogP contribution is 2.33. The second-order valence-electron chi connectivity index (χ2n) is 14.2. The van der Waals surface area contributed by atoms with E-state index < -0.39 is 28.3 Å². The number of nitrogens with two attached hydrogens (primary N) is 1. The molecule has 4 rings (SSSR count). The van der Waals surface area contributed by atoms with Crippen molar-refractivity contribution < 1.29 is 23.4 Å². The van der Waals surface area contributed by atoms with E-state index >= 15 is 0 Å². The first-order valence-electron chi connectivity index (χ1n) is 15.3. The number of hydrogen-bond acceptors (Lipinski definition) is 13. The highest BCUT2D eigenvalue weighted by molar-refractivity contribution is 7.89. The fourth-order valence-electron chi connectivity index (χ4n) is 5.40. The lowest BCUT2D eigenvalue weighted by Crippen LogP contribution is -2.43. The predicted octanol–water partition coefficient (Wildman–Crippen LogP) is 3.07. The highest BCUT2D eigenvalue weighted by atomic mass is 32.2. The Balaban J connectivity index is 1.48. The van der Waals surface area contributed by atoms with E-state index in [1.165, 1.54) is 6.20 Å². The Morgan fingerprint density at radius 1 is 0.818 bits per heavy atom. The standard InChI is InChI=1S/C29H49N9O5S/c1-16-8-9-17(12-19(16)39)33-24-22(14-31-26(35-24)37-28(2,3)4)43-21-11-10-18(13-20(21)40)34-25-23(44(30,41)42)15-32-27(36-25)38-29(5,6)7/h14-21,39-40H,8-13H2,1-7H3,(H2,30,41,42)(H2,31,33,35,37)(H2,32,34,36,38)/t16-,17-,18-,19-,20-,21-/m1/s1. The Hall–Kier alpha value is -3.01. The summed E-state index contributed by atoms with van der Waals surface area (Å²) in [6.45, 7) is 13.9. The van der Waals surface area contributed by atoms with Crippen LogP contribution < -0.4 is 31.1 Å². The maximum absolute atomic E-state index is 12.3. The summed E-state index contributed by atoms with van der Waals surface area (Å²) < 4.78 is 30.8. The number of rotatable bonds is 9. The number of aliphatic hydroxyl groups is 2. The first-order chi connectivity index (χ1) is 20.4. The van der Waals surface area contributed by atoms with Crippen LogP contribution in [-0.4, -0.2) is 80.0 Å². The lowest BCUT2D eigenvalue weighted by molar-refractivity contribution is 0.00329. The molecule has 2 aliphatic rings. The van der Waals surface area contributed by atoms with Crippen LogP contribution in [0.15, 0.2) is 17.3 Å². The lowest BCUT2D eigenvalue weighted by Gasteiger charge is -2.35. The van der Waals surface area contributed by atoms with Crippen LogP contribution >= 0.6 is 0 Å². The zero-order chi connectivity index (χ0) is 32.4. The van der Waals surface area contributed by atoms with Gasteiger partial charge in [0.2, 0.25) is 21.9 Å². The van der Waals surface area contributed by atoms with E-state index in [1.807, 2.05) is 41.5 Å². The van der Waals surface area contributed by atoms with Crippen molar-refractivity contribution in [3.05, 3.63) is 12.4 Å². The molecule has 0 spiro atoms. The monoisotopic (exact) mass is 635 g/mol. The second-order valence-corrected chi connectivity index (χ2v) is 15.7. The third-order valence-electron chi connectivity index (χ3n) is 7.66. The molecule has 2 aliphatic carbocycles. The number of ether oxygens (including phenoxy) is 1. The third kappa shape index (κ3) is 9.49. The van der Waals surface area contributed by atoms with Crippen molar-refractivity contribution >= 4 is 33.6 Å². The molecule has 0 aromatic carbocycles. The van der Waals surface area contributed by atoms with E-state index in [9.17, 15) is 18.6 Å². The van der Waals surface area contributed by atoms with Gasteiger partial charge in [-0.05, 0) is 86.0 Å². The van der Waals surface area contributed by atoms with E-state index in [-0.39, 0.29) is 52.2 Å². The van der Waals surface area contributed by atoms with Gasteiger partial charge in [-0.2, -0.15) is 9.97 Å². The Morgan fingerprint density at radius 2 is 1.34 bits per heavy atom. The normalized spacial score (nSPS) is 26.5. The van der Waals surface area contributed by atoms with Crippen molar-refractivity contribution in [2.75, 3.05) is 21.3 Å². The molecule has 0 unspecified atom stereocenters. The Morgan fingerprint density at radius 3 is 1.89 bits per heavy atom. The number of sulfonamides is 1. The SMILES string of the molecule is C[C@@H]1CC[C@@H](Nc2nc(NC(C)(C)C)ncc2O[C@@H]2CC[C@@H](Nc3nc(NC(C)(C)C)ncc3S(N)(=O)=O)C[C@H]2O)C[C@H]1O. The Bertz CT molecular complexity index is 1400. The third-order valence-corrected chi connectivity index (χ3v) is 8.57. The van der Waals surface area contributed by atoms with Gasteiger partial charge >= 0.3 is 0 Å². The molecule has 2 fully saturated rings. The average Bonchev–Trinajstić information content (AvgIpc) is 2.87. The summed E-state index contributed by atoms with van der Waals surface area (Å²) in [4.78, 5) is 17.4. The summed E-state index contributed by atoms with van der Waals surface area (Å²) in [5.74, 6) is 1.95. The van der Waals surface area contributed by atoms with Crippen LogP contribution in [0, 0.1) is 5.92 Å². The Kier molecular flexibility index (Phi) is 10.1. The van der Waals surface area contributed by atoms with Crippen LogP contribution in [-0.2, 0) is 10.0 Å². The van der Waals surface area contributed by atoms with Gasteiger partial charge in [-0.15, -0.1) is 0 Å². The quantitative estimate of drug-likeness (QED) is 0.212. The molecule has 0 radical (unpaired) electrons. The van der Waals surface area contributed by atoms with Crippen molar-refractivity contribution in [2.24, 2.45) is 11.1 Å². The molecule has 2 heterocycles. The van der Waals surface area contributed by atoms with Crippen LogP contribution in [0.25, 0.3) is 0 Å². The van der Waals surface area contributed by atoms with E-state index in [1.54, 1.807) is 6.20 Å². The summed E-state index contributed by atoms with van der Waals surface area (Å²) in [5, 5.41) is 40.1. The Labute approximate surface area is 260 Å². The summed E-state index contributed by atoms with van der Waals surface area (Å²) in [6.07, 6.45) is 4.69. The van der Waals surface area contributed by atoms with Crippen LogP contribution in [0.3, 0.4) is 0 Å². The van der Waals surface area contributed by atoms with Crippen molar-refractivity contribution in [2.45, 2.75) is 133 Å². The molecule has 246 valence electrons. The molecule has 2 saturated carbocycles. The molecule has 44 heavy (non-hydrogen) atoms. The van der Waals surface area contributed by atoms with E-state index in [2.05, 4.69) is 43.1 Å². The molecular formula is C29H49N9O5S. The van der Waals surface area contributed by atoms with Gasteiger partial charge in [-0.25, -0.2) is 23.5 Å². The molecule has 0 aliphatic heterocycles. The molecule has 2 aromatic heterocycles. The van der Waals surface area contributed by atoms with Gasteiger partial charge in [-0.3, -0.25) is 0 Å². The van der Waals surface area contributed by atoms with Gasteiger partial charge in [0.25, 0.3) is 0 Å². The zero-order valence-electron chi connectivity index (χ0n) is 26.8. The smallest absolute Gasteiger partial charge is 0.243 e. The molecule has 14 nitrogen and oxygen atoms in total. The lowest BCUT2D eigenvalue weighted by atomic mass is 9.85.